The smallest absolute Gasteiger partial charge is 0.408 e. The summed E-state index contributed by atoms with van der Waals surface area (Å²) in [6, 6.07) is 7.66. The minimum absolute atomic E-state index is 0.0739. The number of rotatable bonds is 9. The van der Waals surface area contributed by atoms with Gasteiger partial charge in [0.2, 0.25) is 0 Å². The summed E-state index contributed by atoms with van der Waals surface area (Å²) in [4.78, 5) is 40.9. The van der Waals surface area contributed by atoms with Gasteiger partial charge in [-0.15, -0.1) is 0 Å². The molecule has 0 aliphatic carbocycles. The molecule has 3 amide bonds. The topological polar surface area (TPSA) is 188 Å². The molecule has 13 nitrogen and oxygen atoms in total. The Balaban J connectivity index is 1.96. The largest absolute Gasteiger partial charge is 0.444 e. The van der Waals surface area contributed by atoms with Crippen molar-refractivity contribution >= 4 is 40.1 Å². The first-order chi connectivity index (χ1) is 17.7. The summed E-state index contributed by atoms with van der Waals surface area (Å²) in [7, 11) is -4.42. The second-order valence-electron chi connectivity index (χ2n) is 9.59. The summed E-state index contributed by atoms with van der Waals surface area (Å²) in [5.41, 5.74) is 6.70. The molecule has 0 aliphatic heterocycles. The summed E-state index contributed by atoms with van der Waals surface area (Å²) in [5, 5.41) is 6.41. The van der Waals surface area contributed by atoms with E-state index in [0.717, 1.165) is 0 Å². The van der Waals surface area contributed by atoms with E-state index in [1.807, 2.05) is 13.8 Å². The van der Waals surface area contributed by atoms with Crippen molar-refractivity contribution in [1.82, 2.24) is 21.2 Å². The summed E-state index contributed by atoms with van der Waals surface area (Å²) < 4.78 is 37.4. The number of aromatic nitrogens is 1. The maximum Gasteiger partial charge on any atom is 0.408 e. The number of nitrogens with zero attached hydrogens (tertiary/aromatic N) is 2. The third-order valence-electron chi connectivity index (χ3n) is 4.62. The number of carbonyl (C=O) groups excluding carboxylic acids is 3. The van der Waals surface area contributed by atoms with Crippen LogP contribution in [0.1, 0.15) is 57.0 Å². The molecule has 0 saturated heterocycles. The Morgan fingerprint density at radius 3 is 2.37 bits per heavy atom. The average molecular weight is 549 g/mol. The fourth-order valence-corrected chi connectivity index (χ4v) is 3.68. The van der Waals surface area contributed by atoms with Gasteiger partial charge in [0.05, 0.1) is 11.8 Å². The Bertz CT molecular complexity index is 1270. The highest BCUT2D eigenvalue weighted by atomic mass is 32.2. The monoisotopic (exact) mass is 548 g/mol. The summed E-state index contributed by atoms with van der Waals surface area (Å²) in [6.45, 7) is 8.87. The van der Waals surface area contributed by atoms with Crippen LogP contribution in [0.2, 0.25) is 0 Å². The number of hydrogen-bond acceptors (Lipinski definition) is 9. The first-order valence-corrected chi connectivity index (χ1v) is 13.0. The number of amides is 3. The lowest BCUT2D eigenvalue weighted by Crippen LogP contribution is -2.53. The van der Waals surface area contributed by atoms with Crippen molar-refractivity contribution in [2.75, 3.05) is 5.43 Å². The van der Waals surface area contributed by atoms with Crippen LogP contribution in [0.5, 0.6) is 0 Å². The van der Waals surface area contributed by atoms with Gasteiger partial charge in [-0.25, -0.2) is 9.78 Å². The Labute approximate surface area is 221 Å². The third kappa shape index (κ3) is 10.1. The zero-order chi connectivity index (χ0) is 28.5. The van der Waals surface area contributed by atoms with Crippen LogP contribution in [-0.4, -0.2) is 53.7 Å². The minimum Gasteiger partial charge on any atom is -0.444 e. The fraction of sp³-hybridized carbons (Fsp3) is 0.375. The summed E-state index contributed by atoms with van der Waals surface area (Å²) in [5.74, 6) is -0.957. The van der Waals surface area contributed by atoms with Crippen LogP contribution in [0.3, 0.4) is 0 Å². The normalized spacial score (nSPS) is 12.6. The SMILES string of the molecule is CC(C)C[C@H](NC(=O)OC(C)(C)C)C(=O)NNC(=O)c1ccc(N/N=C\c2ccccc2S(=O)(=O)O)nc1. The Hall–Kier alpha value is -4.04. The summed E-state index contributed by atoms with van der Waals surface area (Å²) >= 11 is 0. The number of anilines is 1. The zero-order valence-corrected chi connectivity index (χ0v) is 22.5. The molecule has 0 fully saturated rings. The van der Waals surface area contributed by atoms with E-state index >= 15 is 0 Å². The number of benzene rings is 1. The van der Waals surface area contributed by atoms with Crippen molar-refractivity contribution in [3.05, 3.63) is 53.7 Å². The molecular weight excluding hydrogens is 516 g/mol. The van der Waals surface area contributed by atoms with E-state index in [4.69, 9.17) is 4.74 Å². The van der Waals surface area contributed by atoms with Crippen LogP contribution in [-0.2, 0) is 19.6 Å². The van der Waals surface area contributed by atoms with Gasteiger partial charge in [0.25, 0.3) is 21.9 Å². The molecule has 1 aromatic heterocycles. The standard InChI is InChI=1S/C24H32N6O7S/c1-15(2)12-18(27-23(33)37-24(3,4)5)22(32)30-29-21(31)17-10-11-20(25-13-17)28-26-14-16-8-6-7-9-19(16)38(34,35)36/h6-11,13-15,18H,12H2,1-5H3,(H,25,28)(H,27,33)(H,29,31)(H,30,32)(H,34,35,36)/b26-14-/t18-/m0/s1. The molecule has 0 radical (unpaired) electrons. The van der Waals surface area contributed by atoms with Gasteiger partial charge in [0.15, 0.2) is 0 Å². The summed E-state index contributed by atoms with van der Waals surface area (Å²) in [6.07, 6.45) is 1.99. The molecule has 14 heteroatoms. The number of alkyl carbamates (subject to hydrolysis) is 1. The van der Waals surface area contributed by atoms with E-state index in [0.29, 0.717) is 6.42 Å². The number of hydrazine groups is 1. The minimum atomic E-state index is -4.42. The number of hydrazone groups is 1. The van der Waals surface area contributed by atoms with Crippen molar-refractivity contribution in [2.45, 2.75) is 57.6 Å². The molecule has 2 rings (SSSR count). The molecule has 5 N–H and O–H groups in total. The molecular formula is C24H32N6O7S. The number of carbonyl (C=O) groups is 3. The van der Waals surface area contributed by atoms with E-state index in [1.54, 1.807) is 26.8 Å². The van der Waals surface area contributed by atoms with E-state index in [9.17, 15) is 27.4 Å². The van der Waals surface area contributed by atoms with Gasteiger partial charge in [-0.1, -0.05) is 32.0 Å². The molecule has 0 unspecified atom stereocenters. The van der Waals surface area contributed by atoms with Crippen LogP contribution in [0, 0.1) is 5.92 Å². The maximum absolute atomic E-state index is 12.6. The predicted octanol–water partition coefficient (Wildman–Crippen LogP) is 2.47. The quantitative estimate of drug-likeness (QED) is 0.178. The molecule has 0 spiro atoms. The average Bonchev–Trinajstić information content (AvgIpc) is 2.80. The number of nitrogens with one attached hydrogen (secondary N) is 4. The van der Waals surface area contributed by atoms with Gasteiger partial charge in [-0.2, -0.15) is 13.5 Å². The molecule has 0 saturated carbocycles. The van der Waals surface area contributed by atoms with Gasteiger partial charge < -0.3 is 10.1 Å². The molecule has 1 atom stereocenters. The van der Waals surface area contributed by atoms with Crippen molar-refractivity contribution < 1.29 is 32.1 Å². The maximum atomic E-state index is 12.6. The number of hydrogen-bond donors (Lipinski definition) is 5. The lowest BCUT2D eigenvalue weighted by Gasteiger charge is -2.24. The van der Waals surface area contributed by atoms with Crippen molar-refractivity contribution in [2.24, 2.45) is 11.0 Å². The lowest BCUT2D eigenvalue weighted by molar-refractivity contribution is -0.124. The first kappa shape index (κ1) is 30.2. The second kappa shape index (κ2) is 13.0. The zero-order valence-electron chi connectivity index (χ0n) is 21.7. The van der Waals surface area contributed by atoms with Crippen LogP contribution < -0.4 is 21.6 Å². The van der Waals surface area contributed by atoms with Gasteiger partial charge in [-0.3, -0.25) is 30.4 Å². The molecule has 1 aromatic carbocycles. The Morgan fingerprint density at radius 2 is 1.79 bits per heavy atom. The highest BCUT2D eigenvalue weighted by Gasteiger charge is 2.25. The van der Waals surface area contributed by atoms with Gasteiger partial charge in [0, 0.05) is 11.8 Å². The highest BCUT2D eigenvalue weighted by molar-refractivity contribution is 7.86. The van der Waals surface area contributed by atoms with Crippen LogP contribution in [0.15, 0.2) is 52.6 Å². The number of ether oxygens (including phenoxy) is 1. The van der Waals surface area contributed by atoms with Crippen LogP contribution in [0.25, 0.3) is 0 Å². The molecule has 2 aromatic rings. The molecule has 0 bridgehead atoms. The van der Waals surface area contributed by atoms with E-state index in [-0.39, 0.29) is 27.8 Å². The Kier molecular flexibility index (Phi) is 10.3. The van der Waals surface area contributed by atoms with Crippen LogP contribution >= 0.6 is 0 Å². The first-order valence-electron chi connectivity index (χ1n) is 11.6. The predicted molar refractivity (Wildman–Crippen MR) is 140 cm³/mol. The van der Waals surface area contributed by atoms with E-state index in [2.05, 4.69) is 31.7 Å². The van der Waals surface area contributed by atoms with Crippen LogP contribution in [0.4, 0.5) is 10.6 Å². The lowest BCUT2D eigenvalue weighted by atomic mass is 10.0. The molecule has 38 heavy (non-hydrogen) atoms. The van der Waals surface area contributed by atoms with Crippen molar-refractivity contribution in [3.8, 4) is 0 Å². The molecule has 206 valence electrons. The van der Waals surface area contributed by atoms with Gasteiger partial charge >= 0.3 is 6.09 Å². The highest BCUT2D eigenvalue weighted by Crippen LogP contribution is 2.13. The molecule has 0 aliphatic rings. The van der Waals surface area contributed by atoms with E-state index in [1.165, 1.54) is 42.7 Å². The van der Waals surface area contributed by atoms with Gasteiger partial charge in [-0.05, 0) is 51.3 Å². The van der Waals surface area contributed by atoms with E-state index < -0.39 is 39.7 Å². The third-order valence-corrected chi connectivity index (χ3v) is 5.55. The van der Waals surface area contributed by atoms with Gasteiger partial charge in [0.1, 0.15) is 22.4 Å². The number of pyridine rings is 1. The van der Waals surface area contributed by atoms with Crippen molar-refractivity contribution in [1.29, 1.82) is 0 Å². The van der Waals surface area contributed by atoms with Crippen molar-refractivity contribution in [3.63, 3.8) is 0 Å². The second-order valence-corrected chi connectivity index (χ2v) is 11.0. The Morgan fingerprint density at radius 1 is 1.11 bits per heavy atom. The fourth-order valence-electron chi connectivity index (χ4n) is 3.01. The molecule has 1 heterocycles.